The molecule has 5 heterocycles. The van der Waals surface area contributed by atoms with Crippen LogP contribution in [0.1, 0.15) is 29.0 Å². The van der Waals surface area contributed by atoms with Crippen molar-refractivity contribution in [3.8, 4) is 10.8 Å². The Labute approximate surface area is 193 Å². The van der Waals surface area contributed by atoms with E-state index >= 15 is 0 Å². The van der Waals surface area contributed by atoms with E-state index in [2.05, 4.69) is 10.1 Å². The number of aryl methyl sites for hydroxylation is 2. The van der Waals surface area contributed by atoms with E-state index in [4.69, 9.17) is 9.40 Å². The predicted molar refractivity (Wildman–Crippen MR) is 126 cm³/mol. The molecule has 32 heavy (non-hydrogen) atoms. The summed E-state index contributed by atoms with van der Waals surface area (Å²) in [5, 5.41) is 6.32. The maximum atomic E-state index is 13.1. The molecule has 0 unspecified atom stereocenters. The normalized spacial score (nSPS) is 13.8. The number of thioether (sulfide) groups is 1. The molecule has 0 amide bonds. The molecule has 0 atom stereocenters. The maximum absolute atomic E-state index is 13.1. The maximum Gasteiger partial charge on any atom is 0.275 e. The van der Waals surface area contributed by atoms with E-state index in [0.29, 0.717) is 32.3 Å². The summed E-state index contributed by atoms with van der Waals surface area (Å²) in [5.74, 6) is 1.03. The van der Waals surface area contributed by atoms with Gasteiger partial charge in [0.25, 0.3) is 11.1 Å². The number of fused-ring (bicyclic) bond motifs is 4. The second-order valence-corrected chi connectivity index (χ2v) is 10.6. The topological polar surface area (TPSA) is 95.3 Å². The molecule has 11 heteroatoms. The van der Waals surface area contributed by atoms with Gasteiger partial charge >= 0.3 is 0 Å². The van der Waals surface area contributed by atoms with Gasteiger partial charge in [-0.05, 0) is 43.4 Å². The quantitative estimate of drug-likeness (QED) is 0.283. The monoisotopic (exact) mass is 483 g/mol. The van der Waals surface area contributed by atoms with Crippen molar-refractivity contribution >= 4 is 49.6 Å². The molecule has 0 spiro atoms. The summed E-state index contributed by atoms with van der Waals surface area (Å²) in [6, 6.07) is 5.05. The van der Waals surface area contributed by atoms with Gasteiger partial charge in [-0.3, -0.25) is 14.2 Å². The fourth-order valence-corrected chi connectivity index (χ4v) is 7.02. The first-order chi connectivity index (χ1) is 15.6. The van der Waals surface area contributed by atoms with E-state index in [1.807, 2.05) is 0 Å². The first-order valence-electron chi connectivity index (χ1n) is 10.2. The highest BCUT2D eigenvalue weighted by Gasteiger charge is 2.21. The van der Waals surface area contributed by atoms with Gasteiger partial charge in [0.05, 0.1) is 17.3 Å². The molecule has 8 nitrogen and oxygen atoms in total. The third-order valence-corrected chi connectivity index (χ3v) is 8.71. The minimum absolute atomic E-state index is 0.00549. The zero-order valence-corrected chi connectivity index (χ0v) is 19.5. The summed E-state index contributed by atoms with van der Waals surface area (Å²) >= 11 is 4.35. The van der Waals surface area contributed by atoms with Crippen LogP contribution in [0.4, 0.5) is 0 Å². The molecule has 0 aromatic carbocycles. The fourth-order valence-electron chi connectivity index (χ4n) is 3.96. The van der Waals surface area contributed by atoms with E-state index in [-0.39, 0.29) is 11.1 Å². The van der Waals surface area contributed by atoms with Gasteiger partial charge in [-0.1, -0.05) is 23.1 Å². The van der Waals surface area contributed by atoms with Gasteiger partial charge in [0.15, 0.2) is 15.9 Å². The van der Waals surface area contributed by atoms with E-state index < -0.39 is 0 Å². The summed E-state index contributed by atoms with van der Waals surface area (Å²) in [6.45, 7) is 0. The number of rotatable bonds is 4. The third kappa shape index (κ3) is 3.23. The molecule has 0 fully saturated rings. The standard InChI is InChI=1S/C21H17N5O3S3/c1-25-19(28)16-12-5-2-3-7-14(12)31-18(16)23-20(25)30-10-11-9-15(27)26-21(22-11)32-17(24-26)13-6-4-8-29-13/h4,6,8-9H,2-3,5,7,10H2,1H3. The molecule has 1 aliphatic rings. The average molecular weight is 484 g/mol. The number of aromatic nitrogens is 5. The number of furan rings is 1. The van der Waals surface area contributed by atoms with Crippen LogP contribution in [0.25, 0.3) is 25.9 Å². The Bertz CT molecular complexity index is 1590. The van der Waals surface area contributed by atoms with Crippen LogP contribution in [0.15, 0.2) is 43.6 Å². The predicted octanol–water partition coefficient (Wildman–Crippen LogP) is 3.89. The second kappa shape index (κ2) is 7.68. The van der Waals surface area contributed by atoms with Gasteiger partial charge in [0.1, 0.15) is 4.83 Å². The van der Waals surface area contributed by atoms with Gasteiger partial charge in [-0.25, -0.2) is 9.97 Å². The minimum atomic E-state index is -0.247. The molecule has 1 aliphatic carbocycles. The molecular formula is C21H17N5O3S3. The summed E-state index contributed by atoms with van der Waals surface area (Å²) in [5.41, 5.74) is 1.57. The molecule has 5 aromatic rings. The Balaban J connectivity index is 1.33. The van der Waals surface area contributed by atoms with E-state index in [1.165, 1.54) is 50.5 Å². The zero-order chi connectivity index (χ0) is 21.8. The van der Waals surface area contributed by atoms with Crippen LogP contribution in [-0.2, 0) is 25.6 Å². The highest BCUT2D eigenvalue weighted by atomic mass is 32.2. The fraction of sp³-hybridized carbons (Fsp3) is 0.286. The molecule has 6 rings (SSSR count). The number of hydrogen-bond acceptors (Lipinski definition) is 9. The van der Waals surface area contributed by atoms with Crippen molar-refractivity contribution < 1.29 is 4.42 Å². The van der Waals surface area contributed by atoms with Crippen LogP contribution in [0.5, 0.6) is 0 Å². The molecule has 0 aliphatic heterocycles. The summed E-state index contributed by atoms with van der Waals surface area (Å²) in [7, 11) is 1.76. The van der Waals surface area contributed by atoms with Gasteiger partial charge in [0, 0.05) is 23.7 Å². The summed E-state index contributed by atoms with van der Waals surface area (Å²) < 4.78 is 8.27. The largest absolute Gasteiger partial charge is 0.462 e. The van der Waals surface area contributed by atoms with Crippen LogP contribution in [-0.4, -0.2) is 24.1 Å². The van der Waals surface area contributed by atoms with Crippen LogP contribution >= 0.6 is 34.4 Å². The van der Waals surface area contributed by atoms with Gasteiger partial charge in [-0.2, -0.15) is 4.52 Å². The summed E-state index contributed by atoms with van der Waals surface area (Å²) in [6.07, 6.45) is 5.86. The van der Waals surface area contributed by atoms with Crippen molar-refractivity contribution in [2.75, 3.05) is 0 Å². The van der Waals surface area contributed by atoms with E-state index in [0.717, 1.165) is 29.5 Å². The number of hydrogen-bond donors (Lipinski definition) is 0. The van der Waals surface area contributed by atoms with Gasteiger partial charge in [0.2, 0.25) is 4.96 Å². The van der Waals surface area contributed by atoms with E-state index in [1.54, 1.807) is 41.3 Å². The van der Waals surface area contributed by atoms with Crippen molar-refractivity contribution in [3.05, 3.63) is 61.3 Å². The van der Waals surface area contributed by atoms with Crippen LogP contribution in [0, 0.1) is 0 Å². The molecular weight excluding hydrogens is 466 g/mol. The molecule has 0 radical (unpaired) electrons. The smallest absolute Gasteiger partial charge is 0.275 e. The third-order valence-electron chi connectivity index (χ3n) is 5.53. The molecule has 0 N–H and O–H groups in total. The zero-order valence-electron chi connectivity index (χ0n) is 17.0. The lowest BCUT2D eigenvalue weighted by Gasteiger charge is -2.10. The van der Waals surface area contributed by atoms with Crippen molar-refractivity contribution in [2.45, 2.75) is 36.6 Å². The van der Waals surface area contributed by atoms with Crippen molar-refractivity contribution in [2.24, 2.45) is 7.05 Å². The van der Waals surface area contributed by atoms with Crippen LogP contribution in [0.2, 0.25) is 0 Å². The lowest BCUT2D eigenvalue weighted by atomic mass is 9.97. The van der Waals surface area contributed by atoms with Gasteiger partial charge < -0.3 is 4.42 Å². The lowest BCUT2D eigenvalue weighted by Crippen LogP contribution is -2.20. The number of thiophene rings is 1. The highest BCUT2D eigenvalue weighted by molar-refractivity contribution is 7.98. The minimum Gasteiger partial charge on any atom is -0.462 e. The first-order valence-corrected chi connectivity index (χ1v) is 12.8. The molecule has 0 saturated carbocycles. The molecule has 0 saturated heterocycles. The lowest BCUT2D eigenvalue weighted by molar-refractivity contribution is 0.580. The molecule has 162 valence electrons. The SMILES string of the molecule is Cn1c(SCc2cc(=O)n3nc(-c4ccco4)sc3n2)nc2sc3c(c2c1=O)CCCC3. The Morgan fingerprint density at radius 3 is 2.91 bits per heavy atom. The molecule has 0 bridgehead atoms. The highest BCUT2D eigenvalue weighted by Crippen LogP contribution is 2.35. The van der Waals surface area contributed by atoms with Crippen LogP contribution < -0.4 is 11.1 Å². The molecule has 5 aromatic heterocycles. The van der Waals surface area contributed by atoms with Crippen molar-refractivity contribution in [1.82, 2.24) is 24.1 Å². The average Bonchev–Trinajstić information content (AvgIpc) is 3.53. The Morgan fingerprint density at radius 2 is 2.06 bits per heavy atom. The number of nitrogens with zero attached hydrogens (tertiary/aromatic N) is 5. The Hall–Kier alpha value is -2.76. The van der Waals surface area contributed by atoms with Crippen molar-refractivity contribution in [3.63, 3.8) is 0 Å². The van der Waals surface area contributed by atoms with Crippen LogP contribution in [0.3, 0.4) is 0 Å². The first kappa shape index (κ1) is 19.9. The van der Waals surface area contributed by atoms with Crippen molar-refractivity contribution in [1.29, 1.82) is 0 Å². The second-order valence-electron chi connectivity index (χ2n) is 7.60. The van der Waals surface area contributed by atoms with Gasteiger partial charge in [-0.15, -0.1) is 16.4 Å². The Kier molecular flexibility index (Phi) is 4.77. The summed E-state index contributed by atoms with van der Waals surface area (Å²) in [4.78, 5) is 37.6. The Morgan fingerprint density at radius 1 is 1.19 bits per heavy atom. The van der Waals surface area contributed by atoms with E-state index in [9.17, 15) is 9.59 Å².